The molecule has 0 aliphatic rings. The minimum atomic E-state index is -0.927. The first kappa shape index (κ1) is 14.3. The first-order valence-electron chi connectivity index (χ1n) is 5.72. The fraction of sp³-hybridized carbons (Fsp3) is 0.462. The second-order valence-corrected chi connectivity index (χ2v) is 4.96. The Bertz CT molecular complexity index is 381. The van der Waals surface area contributed by atoms with Gasteiger partial charge < -0.3 is 5.11 Å². The van der Waals surface area contributed by atoms with Crippen LogP contribution in [0.1, 0.15) is 31.2 Å². The molecule has 94 valence electrons. The lowest BCUT2D eigenvalue weighted by Gasteiger charge is -2.18. The van der Waals surface area contributed by atoms with Gasteiger partial charge >= 0.3 is 6.09 Å². The van der Waals surface area contributed by atoms with Gasteiger partial charge in [-0.3, -0.25) is 4.90 Å². The van der Waals surface area contributed by atoms with Crippen LogP contribution in [0.5, 0.6) is 0 Å². The zero-order valence-electron chi connectivity index (χ0n) is 10.2. The maximum atomic E-state index is 10.9. The highest BCUT2D eigenvalue weighted by Crippen LogP contribution is 2.26. The second kappa shape index (κ2) is 6.83. The number of anilines is 1. The van der Waals surface area contributed by atoms with Crippen LogP contribution >= 0.6 is 22.6 Å². The van der Waals surface area contributed by atoms with Crippen molar-refractivity contribution in [2.45, 2.75) is 25.7 Å². The van der Waals surface area contributed by atoms with Crippen LogP contribution < -0.4 is 4.90 Å². The number of hydrogen-bond acceptors (Lipinski definition) is 1. The number of alkyl halides is 1. The van der Waals surface area contributed by atoms with Gasteiger partial charge in [0.1, 0.15) is 0 Å². The smallest absolute Gasteiger partial charge is 0.411 e. The molecule has 1 unspecified atom stereocenters. The van der Waals surface area contributed by atoms with Crippen molar-refractivity contribution in [3.8, 4) is 0 Å². The van der Waals surface area contributed by atoms with Crippen LogP contribution in [0.2, 0.25) is 0 Å². The number of amides is 1. The van der Waals surface area contributed by atoms with E-state index < -0.39 is 6.09 Å². The second-order valence-electron chi connectivity index (χ2n) is 4.08. The van der Waals surface area contributed by atoms with Crippen molar-refractivity contribution in [1.29, 1.82) is 0 Å². The van der Waals surface area contributed by atoms with Crippen LogP contribution in [0.3, 0.4) is 0 Å². The molecule has 1 N–H and O–H groups in total. The lowest BCUT2D eigenvalue weighted by Crippen LogP contribution is -2.23. The Hall–Kier alpha value is -0.780. The predicted molar refractivity (Wildman–Crippen MR) is 79.4 cm³/mol. The predicted octanol–water partition coefficient (Wildman–Crippen LogP) is 4.12. The van der Waals surface area contributed by atoms with Crippen molar-refractivity contribution in [2.75, 3.05) is 16.4 Å². The van der Waals surface area contributed by atoms with Crippen molar-refractivity contribution in [3.63, 3.8) is 0 Å². The third-order valence-corrected chi connectivity index (χ3v) is 3.90. The number of hydrogen-bond donors (Lipinski definition) is 1. The van der Waals surface area contributed by atoms with E-state index in [1.54, 1.807) is 7.05 Å². The zero-order chi connectivity index (χ0) is 12.8. The summed E-state index contributed by atoms with van der Waals surface area (Å²) >= 11 is 2.39. The fourth-order valence-corrected chi connectivity index (χ4v) is 2.73. The summed E-state index contributed by atoms with van der Waals surface area (Å²) in [6, 6.07) is 7.82. The number of halogens is 1. The van der Waals surface area contributed by atoms with Crippen LogP contribution in [0.15, 0.2) is 24.3 Å². The van der Waals surface area contributed by atoms with Crippen molar-refractivity contribution < 1.29 is 9.90 Å². The molecule has 3 nitrogen and oxygen atoms in total. The number of nitrogens with zero attached hydrogens (tertiary/aromatic N) is 1. The first-order valence-corrected chi connectivity index (χ1v) is 7.25. The fourth-order valence-electron chi connectivity index (χ4n) is 1.78. The molecule has 1 aromatic rings. The van der Waals surface area contributed by atoms with Gasteiger partial charge in [-0.25, -0.2) is 4.79 Å². The Morgan fingerprint density at radius 1 is 1.53 bits per heavy atom. The molecule has 0 radical (unpaired) electrons. The summed E-state index contributed by atoms with van der Waals surface area (Å²) in [5, 5.41) is 8.95. The van der Waals surface area contributed by atoms with E-state index in [-0.39, 0.29) is 0 Å². The summed E-state index contributed by atoms with van der Waals surface area (Å²) in [5.74, 6) is 0.516. The van der Waals surface area contributed by atoms with E-state index in [0.717, 1.165) is 23.0 Å². The largest absolute Gasteiger partial charge is 0.465 e. The van der Waals surface area contributed by atoms with E-state index in [9.17, 15) is 4.79 Å². The molecule has 0 aromatic heterocycles. The van der Waals surface area contributed by atoms with Crippen LogP contribution in [-0.4, -0.2) is 22.7 Å². The Morgan fingerprint density at radius 3 is 2.76 bits per heavy atom. The number of benzene rings is 1. The van der Waals surface area contributed by atoms with E-state index >= 15 is 0 Å². The third-order valence-electron chi connectivity index (χ3n) is 2.84. The van der Waals surface area contributed by atoms with E-state index in [0.29, 0.717) is 5.92 Å². The highest BCUT2D eigenvalue weighted by atomic mass is 127. The summed E-state index contributed by atoms with van der Waals surface area (Å²) < 4.78 is 1.06. The van der Waals surface area contributed by atoms with Gasteiger partial charge in [0.25, 0.3) is 0 Å². The average molecular weight is 347 g/mol. The summed E-state index contributed by atoms with van der Waals surface area (Å²) in [6.45, 7) is 2.17. The molecule has 1 atom stereocenters. The molecule has 0 aliphatic heterocycles. The molecule has 0 heterocycles. The average Bonchev–Trinajstić information content (AvgIpc) is 2.35. The molecule has 0 aliphatic carbocycles. The lowest BCUT2D eigenvalue weighted by atomic mass is 9.96. The van der Waals surface area contributed by atoms with Gasteiger partial charge in [0.15, 0.2) is 0 Å². The van der Waals surface area contributed by atoms with Gasteiger partial charge in [0.2, 0.25) is 0 Å². The van der Waals surface area contributed by atoms with Crippen molar-refractivity contribution in [2.24, 2.45) is 0 Å². The van der Waals surface area contributed by atoms with Crippen LogP contribution in [-0.2, 0) is 0 Å². The van der Waals surface area contributed by atoms with E-state index in [2.05, 4.69) is 35.6 Å². The van der Waals surface area contributed by atoms with Crippen molar-refractivity contribution in [1.82, 2.24) is 0 Å². The van der Waals surface area contributed by atoms with Gasteiger partial charge in [-0.1, -0.05) is 48.1 Å². The summed E-state index contributed by atoms with van der Waals surface area (Å²) in [4.78, 5) is 12.2. The molecule has 0 saturated carbocycles. The first-order chi connectivity index (χ1) is 8.10. The minimum absolute atomic E-state index is 0.516. The van der Waals surface area contributed by atoms with Gasteiger partial charge in [-0.15, -0.1) is 0 Å². The molecule has 0 spiro atoms. The van der Waals surface area contributed by atoms with Crippen LogP contribution in [0.4, 0.5) is 10.5 Å². The number of carboxylic acid groups (broad SMARTS) is 1. The molecule has 4 heteroatoms. The highest BCUT2D eigenvalue weighted by molar-refractivity contribution is 14.1. The summed E-state index contributed by atoms with van der Waals surface area (Å²) in [5.41, 5.74) is 1.97. The monoisotopic (exact) mass is 347 g/mol. The zero-order valence-corrected chi connectivity index (χ0v) is 12.3. The highest BCUT2D eigenvalue weighted by Gasteiger charge is 2.13. The molecule has 1 rings (SSSR count). The summed E-state index contributed by atoms with van der Waals surface area (Å²) in [6.07, 6.45) is 1.36. The Balaban J connectivity index is 2.95. The standard InChI is InChI=1S/C13H18INO2/c1-3-5-11(9-14)10-6-4-7-12(8-10)15(2)13(16)17/h4,6-8,11H,3,5,9H2,1-2H3,(H,16,17). The van der Waals surface area contributed by atoms with Crippen LogP contribution in [0, 0.1) is 0 Å². The normalized spacial score (nSPS) is 12.2. The molecule has 0 bridgehead atoms. The Labute approximate surface area is 116 Å². The minimum Gasteiger partial charge on any atom is -0.465 e. The molecule has 1 amide bonds. The number of carbonyl (C=O) groups is 1. The molecular formula is C13H18INO2. The van der Waals surface area contributed by atoms with E-state index in [4.69, 9.17) is 5.11 Å². The Morgan fingerprint density at radius 2 is 2.24 bits per heavy atom. The van der Waals surface area contributed by atoms with E-state index in [1.165, 1.54) is 10.5 Å². The van der Waals surface area contributed by atoms with Crippen molar-refractivity contribution >= 4 is 34.4 Å². The van der Waals surface area contributed by atoms with Crippen molar-refractivity contribution in [3.05, 3.63) is 29.8 Å². The quantitative estimate of drug-likeness (QED) is 0.643. The Kier molecular flexibility index (Phi) is 5.74. The van der Waals surface area contributed by atoms with Gasteiger partial charge in [-0.05, 0) is 30.0 Å². The third kappa shape index (κ3) is 3.87. The topological polar surface area (TPSA) is 40.5 Å². The number of rotatable bonds is 5. The molecule has 1 aromatic carbocycles. The van der Waals surface area contributed by atoms with Gasteiger partial charge in [-0.2, -0.15) is 0 Å². The van der Waals surface area contributed by atoms with Crippen LogP contribution in [0.25, 0.3) is 0 Å². The van der Waals surface area contributed by atoms with Gasteiger partial charge in [0, 0.05) is 17.2 Å². The maximum Gasteiger partial charge on any atom is 0.411 e. The van der Waals surface area contributed by atoms with E-state index in [1.807, 2.05) is 18.2 Å². The molecule has 17 heavy (non-hydrogen) atoms. The molecule has 0 saturated heterocycles. The molecule has 0 fully saturated rings. The lowest BCUT2D eigenvalue weighted by molar-refractivity contribution is 0.203. The summed E-state index contributed by atoms with van der Waals surface area (Å²) in [7, 11) is 1.57. The molecular weight excluding hydrogens is 329 g/mol. The van der Waals surface area contributed by atoms with Gasteiger partial charge in [0.05, 0.1) is 0 Å². The maximum absolute atomic E-state index is 10.9. The SMILES string of the molecule is CCCC(CI)c1cccc(N(C)C(=O)O)c1.